The number of carbonyl (C=O) groups excluding carboxylic acids is 2. The predicted octanol–water partition coefficient (Wildman–Crippen LogP) is 2.06. The third kappa shape index (κ3) is 5.01. The van der Waals surface area contributed by atoms with Gasteiger partial charge in [-0.2, -0.15) is 4.31 Å². The number of esters is 1. The largest absolute Gasteiger partial charge is 0.452 e. The molecule has 170 valence electrons. The van der Waals surface area contributed by atoms with E-state index < -0.39 is 28.5 Å². The summed E-state index contributed by atoms with van der Waals surface area (Å²) in [4.78, 5) is 24.9. The van der Waals surface area contributed by atoms with E-state index in [1.807, 2.05) is 18.2 Å². The second-order valence-corrected chi connectivity index (χ2v) is 9.77. The smallest absolute Gasteiger partial charge is 0.338 e. The Hall–Kier alpha value is -2.75. The summed E-state index contributed by atoms with van der Waals surface area (Å²) in [5, 5.41) is 2.93. The zero-order chi connectivity index (χ0) is 22.6. The van der Waals surface area contributed by atoms with E-state index in [4.69, 9.17) is 9.47 Å². The number of morpholine rings is 1. The molecule has 0 saturated carbocycles. The molecule has 1 heterocycles. The van der Waals surface area contributed by atoms with Crippen LogP contribution in [0.25, 0.3) is 0 Å². The lowest BCUT2D eigenvalue weighted by Gasteiger charge is -2.26. The van der Waals surface area contributed by atoms with Crippen molar-refractivity contribution in [2.75, 3.05) is 32.9 Å². The Labute approximate surface area is 187 Å². The zero-order valence-corrected chi connectivity index (χ0v) is 18.5. The van der Waals surface area contributed by atoms with Gasteiger partial charge in [0.15, 0.2) is 6.61 Å². The molecule has 32 heavy (non-hydrogen) atoms. The standard InChI is InChI=1S/C23H26N2O6S/c26-22(24-21-10-4-6-17-5-1-2-9-20(17)21)16-31-23(27)18-7-3-8-19(15-18)32(28,29)25-11-13-30-14-12-25/h1-3,5,7-9,15,21H,4,6,10-14,16H2,(H,24,26)/t21-/m1/s1. The van der Waals surface area contributed by atoms with Gasteiger partial charge >= 0.3 is 5.97 Å². The van der Waals surface area contributed by atoms with Crippen molar-refractivity contribution in [2.24, 2.45) is 0 Å². The van der Waals surface area contributed by atoms with Crippen molar-refractivity contribution in [3.8, 4) is 0 Å². The minimum Gasteiger partial charge on any atom is -0.452 e. The number of amides is 1. The van der Waals surface area contributed by atoms with Crippen LogP contribution in [0.4, 0.5) is 0 Å². The quantitative estimate of drug-likeness (QED) is 0.665. The van der Waals surface area contributed by atoms with Crippen molar-refractivity contribution in [1.82, 2.24) is 9.62 Å². The van der Waals surface area contributed by atoms with Crippen LogP contribution in [0, 0.1) is 0 Å². The van der Waals surface area contributed by atoms with Crippen LogP contribution < -0.4 is 5.32 Å². The molecule has 2 aromatic rings. The summed E-state index contributed by atoms with van der Waals surface area (Å²) >= 11 is 0. The third-order valence-electron chi connectivity index (χ3n) is 5.72. The first-order valence-corrected chi connectivity index (χ1v) is 12.1. The summed E-state index contributed by atoms with van der Waals surface area (Å²) in [6.07, 6.45) is 2.80. The van der Waals surface area contributed by atoms with Crippen molar-refractivity contribution < 1.29 is 27.5 Å². The number of nitrogens with zero attached hydrogens (tertiary/aromatic N) is 1. The maximum Gasteiger partial charge on any atom is 0.338 e. The summed E-state index contributed by atoms with van der Waals surface area (Å²) < 4.78 is 37.3. The molecular formula is C23H26N2O6S. The van der Waals surface area contributed by atoms with Gasteiger partial charge in [-0.05, 0) is 48.6 Å². The van der Waals surface area contributed by atoms with Crippen LogP contribution in [-0.4, -0.2) is 57.5 Å². The lowest BCUT2D eigenvalue weighted by Crippen LogP contribution is -2.40. The number of sulfonamides is 1. The highest BCUT2D eigenvalue weighted by Crippen LogP contribution is 2.29. The Morgan fingerprint density at radius 3 is 2.69 bits per heavy atom. The molecular weight excluding hydrogens is 432 g/mol. The lowest BCUT2D eigenvalue weighted by atomic mass is 9.88. The average Bonchev–Trinajstić information content (AvgIpc) is 2.83. The van der Waals surface area contributed by atoms with E-state index in [2.05, 4.69) is 11.4 Å². The Balaban J connectivity index is 1.36. The summed E-state index contributed by atoms with van der Waals surface area (Å²) in [6.45, 7) is 0.768. The van der Waals surface area contributed by atoms with Crippen LogP contribution in [0.3, 0.4) is 0 Å². The second-order valence-electron chi connectivity index (χ2n) is 7.83. The molecule has 1 aliphatic carbocycles. The number of benzene rings is 2. The SMILES string of the molecule is O=C(COC(=O)c1cccc(S(=O)(=O)N2CCOCC2)c1)N[C@@H]1CCCc2ccccc21. The van der Waals surface area contributed by atoms with E-state index >= 15 is 0 Å². The van der Waals surface area contributed by atoms with Gasteiger partial charge in [-0.1, -0.05) is 30.3 Å². The van der Waals surface area contributed by atoms with E-state index in [0.29, 0.717) is 13.2 Å². The Morgan fingerprint density at radius 2 is 1.88 bits per heavy atom. The molecule has 1 atom stereocenters. The molecule has 1 amide bonds. The Kier molecular flexibility index (Phi) is 6.88. The molecule has 2 aliphatic rings. The zero-order valence-electron chi connectivity index (χ0n) is 17.7. The first kappa shape index (κ1) is 22.4. The summed E-state index contributed by atoms with van der Waals surface area (Å²) in [5.74, 6) is -1.14. The Bertz CT molecular complexity index is 1100. The number of fused-ring (bicyclic) bond motifs is 1. The van der Waals surface area contributed by atoms with E-state index in [1.165, 1.54) is 34.1 Å². The first-order chi connectivity index (χ1) is 15.4. The number of rotatable bonds is 6. The highest BCUT2D eigenvalue weighted by atomic mass is 32.2. The van der Waals surface area contributed by atoms with Crippen molar-refractivity contribution in [3.05, 3.63) is 65.2 Å². The molecule has 0 radical (unpaired) electrons. The number of hydrogen-bond acceptors (Lipinski definition) is 6. The minimum atomic E-state index is -3.73. The van der Waals surface area contributed by atoms with Crippen LogP contribution in [0.15, 0.2) is 53.4 Å². The second kappa shape index (κ2) is 9.81. The van der Waals surface area contributed by atoms with Crippen LogP contribution in [-0.2, 0) is 30.7 Å². The number of nitrogens with one attached hydrogen (secondary N) is 1. The maximum atomic E-state index is 12.8. The van der Waals surface area contributed by atoms with Gasteiger partial charge in [0.1, 0.15) is 0 Å². The molecule has 0 unspecified atom stereocenters. The predicted molar refractivity (Wildman–Crippen MR) is 117 cm³/mol. The van der Waals surface area contributed by atoms with Gasteiger partial charge in [0, 0.05) is 13.1 Å². The molecule has 0 aromatic heterocycles. The van der Waals surface area contributed by atoms with Gasteiger partial charge in [-0.3, -0.25) is 4.79 Å². The van der Waals surface area contributed by atoms with Gasteiger partial charge < -0.3 is 14.8 Å². The Morgan fingerprint density at radius 1 is 1.09 bits per heavy atom. The fourth-order valence-corrected chi connectivity index (χ4v) is 5.53. The lowest BCUT2D eigenvalue weighted by molar-refractivity contribution is -0.125. The van der Waals surface area contributed by atoms with E-state index in [0.717, 1.165) is 24.8 Å². The van der Waals surface area contributed by atoms with Gasteiger partial charge in [-0.25, -0.2) is 13.2 Å². The molecule has 8 nitrogen and oxygen atoms in total. The molecule has 1 saturated heterocycles. The molecule has 9 heteroatoms. The third-order valence-corrected chi connectivity index (χ3v) is 7.61. The van der Waals surface area contributed by atoms with E-state index in [-0.39, 0.29) is 29.6 Å². The molecule has 4 rings (SSSR count). The molecule has 1 fully saturated rings. The van der Waals surface area contributed by atoms with Crippen molar-refractivity contribution in [2.45, 2.75) is 30.2 Å². The molecule has 2 aromatic carbocycles. The van der Waals surface area contributed by atoms with Gasteiger partial charge in [-0.15, -0.1) is 0 Å². The molecule has 0 spiro atoms. The summed E-state index contributed by atoms with van der Waals surface area (Å²) in [7, 11) is -3.73. The highest BCUT2D eigenvalue weighted by Gasteiger charge is 2.27. The summed E-state index contributed by atoms with van der Waals surface area (Å²) in [5.41, 5.74) is 2.40. The van der Waals surface area contributed by atoms with Crippen molar-refractivity contribution in [1.29, 1.82) is 0 Å². The normalized spacial score (nSPS) is 19.1. The van der Waals surface area contributed by atoms with Crippen LogP contribution in [0.2, 0.25) is 0 Å². The topological polar surface area (TPSA) is 102 Å². The first-order valence-electron chi connectivity index (χ1n) is 10.7. The van der Waals surface area contributed by atoms with Crippen LogP contribution >= 0.6 is 0 Å². The number of hydrogen-bond donors (Lipinski definition) is 1. The van der Waals surface area contributed by atoms with E-state index in [1.54, 1.807) is 0 Å². The fraction of sp³-hybridized carbons (Fsp3) is 0.391. The van der Waals surface area contributed by atoms with Gasteiger partial charge in [0.2, 0.25) is 10.0 Å². The molecule has 1 N–H and O–H groups in total. The maximum absolute atomic E-state index is 12.8. The van der Waals surface area contributed by atoms with Crippen molar-refractivity contribution in [3.63, 3.8) is 0 Å². The number of carbonyl (C=O) groups is 2. The van der Waals surface area contributed by atoms with E-state index in [9.17, 15) is 18.0 Å². The fourth-order valence-electron chi connectivity index (χ4n) is 4.07. The van der Waals surface area contributed by atoms with Gasteiger partial charge in [0.05, 0.1) is 29.7 Å². The van der Waals surface area contributed by atoms with Crippen LogP contribution in [0.5, 0.6) is 0 Å². The average molecular weight is 459 g/mol. The van der Waals surface area contributed by atoms with Gasteiger partial charge in [0.25, 0.3) is 5.91 Å². The van der Waals surface area contributed by atoms with Crippen LogP contribution in [0.1, 0.15) is 40.4 Å². The molecule has 1 aliphatic heterocycles. The number of ether oxygens (including phenoxy) is 2. The van der Waals surface area contributed by atoms with Crippen molar-refractivity contribution >= 4 is 21.9 Å². The minimum absolute atomic E-state index is 0.0112. The molecule has 0 bridgehead atoms. The number of aryl methyl sites for hydroxylation is 1. The monoisotopic (exact) mass is 458 g/mol. The highest BCUT2D eigenvalue weighted by molar-refractivity contribution is 7.89. The summed E-state index contributed by atoms with van der Waals surface area (Å²) in [6, 6.07) is 13.6.